The molecule has 0 N–H and O–H groups in total. The second-order valence-electron chi connectivity index (χ2n) is 8.32. The molecule has 2 aromatic carbocycles. The highest BCUT2D eigenvalue weighted by Crippen LogP contribution is 2.57. The molecule has 2 amide bonds. The van der Waals surface area contributed by atoms with Crippen LogP contribution in [0.5, 0.6) is 0 Å². The van der Waals surface area contributed by atoms with E-state index in [1.54, 1.807) is 46.1 Å². The number of β-lactam (4-membered cyclic amide) rings is 1. The van der Waals surface area contributed by atoms with Gasteiger partial charge in [0, 0.05) is 32.0 Å². The molecule has 7 heteroatoms. The molecule has 1 spiro atoms. The first-order chi connectivity index (χ1) is 15.0. The van der Waals surface area contributed by atoms with Crippen molar-refractivity contribution in [2.24, 2.45) is 12.5 Å². The lowest BCUT2D eigenvalue weighted by molar-refractivity contribution is -0.144. The Morgan fingerprint density at radius 1 is 1.10 bits per heavy atom. The van der Waals surface area contributed by atoms with E-state index in [1.807, 2.05) is 30.3 Å². The maximum Gasteiger partial charge on any atom is 0.257 e. The Balaban J connectivity index is 1.43. The molecule has 158 valence electrons. The molecular weight excluding hydrogens is 395 g/mol. The van der Waals surface area contributed by atoms with Gasteiger partial charge in [-0.2, -0.15) is 5.10 Å². The average Bonchev–Trinajstić information content (AvgIpc) is 3.23. The molecule has 2 aliphatic heterocycles. The summed E-state index contributed by atoms with van der Waals surface area (Å²) in [7, 11) is 1.78. The predicted octanol–water partition coefficient (Wildman–Crippen LogP) is 3.57. The molecule has 1 aromatic heterocycles. The topological polar surface area (TPSA) is 58.4 Å². The van der Waals surface area contributed by atoms with Gasteiger partial charge in [0.25, 0.3) is 5.91 Å². The number of carbonyl (C=O) groups is 2. The molecule has 3 heterocycles. The number of amides is 2. The van der Waals surface area contributed by atoms with Crippen LogP contribution in [0.4, 0.5) is 10.1 Å². The third-order valence-corrected chi connectivity index (χ3v) is 6.52. The maximum atomic E-state index is 13.9. The summed E-state index contributed by atoms with van der Waals surface area (Å²) in [5.74, 6) is -0.427. The normalized spacial score (nSPS) is 20.1. The number of aromatic nitrogens is 2. The standard InChI is InChI=1S/C24H23FN4O2/c1-27-16-18(15-26-27)22(30)28-12-10-24(11-13-28)21(17-6-3-2-4-7-17)29(23(24)31)20-9-5-8-19(25)14-20/h2-9,14-16,21H,10-13H2,1H3. The minimum atomic E-state index is -0.584. The van der Waals surface area contributed by atoms with Crippen LogP contribution in [-0.4, -0.2) is 39.6 Å². The molecule has 1 unspecified atom stereocenters. The van der Waals surface area contributed by atoms with Crippen molar-refractivity contribution < 1.29 is 14.0 Å². The van der Waals surface area contributed by atoms with Gasteiger partial charge in [0.2, 0.25) is 5.91 Å². The molecule has 1 atom stereocenters. The maximum absolute atomic E-state index is 13.9. The Bertz CT molecular complexity index is 1140. The number of nitrogens with zero attached hydrogens (tertiary/aromatic N) is 4. The van der Waals surface area contributed by atoms with E-state index in [1.165, 1.54) is 12.1 Å². The molecule has 0 saturated carbocycles. The Morgan fingerprint density at radius 3 is 2.48 bits per heavy atom. The number of hydrogen-bond donors (Lipinski definition) is 0. The summed E-state index contributed by atoms with van der Waals surface area (Å²) in [5.41, 5.74) is 1.57. The first-order valence-electron chi connectivity index (χ1n) is 10.4. The van der Waals surface area contributed by atoms with Crippen LogP contribution in [0, 0.1) is 11.2 Å². The van der Waals surface area contributed by atoms with Crippen LogP contribution in [0.2, 0.25) is 0 Å². The zero-order chi connectivity index (χ0) is 21.6. The summed E-state index contributed by atoms with van der Waals surface area (Å²) in [5, 5.41) is 4.08. The van der Waals surface area contributed by atoms with Crippen molar-refractivity contribution in [2.75, 3.05) is 18.0 Å². The van der Waals surface area contributed by atoms with E-state index < -0.39 is 5.41 Å². The Morgan fingerprint density at radius 2 is 1.84 bits per heavy atom. The van der Waals surface area contributed by atoms with Crippen LogP contribution in [0.25, 0.3) is 0 Å². The molecule has 6 nitrogen and oxygen atoms in total. The summed E-state index contributed by atoms with van der Waals surface area (Å²) in [6.45, 7) is 1.000. The lowest BCUT2D eigenvalue weighted by atomic mass is 9.62. The van der Waals surface area contributed by atoms with E-state index in [0.717, 1.165) is 5.56 Å². The number of hydrogen-bond acceptors (Lipinski definition) is 3. The number of halogens is 1. The van der Waals surface area contributed by atoms with E-state index in [2.05, 4.69) is 5.10 Å². The van der Waals surface area contributed by atoms with Gasteiger partial charge in [-0.15, -0.1) is 0 Å². The van der Waals surface area contributed by atoms with E-state index in [4.69, 9.17) is 0 Å². The highest BCUT2D eigenvalue weighted by Gasteiger charge is 2.62. The second-order valence-corrected chi connectivity index (χ2v) is 8.32. The van der Waals surface area contributed by atoms with E-state index in [0.29, 0.717) is 37.2 Å². The first kappa shape index (κ1) is 19.5. The third kappa shape index (κ3) is 3.12. The number of rotatable bonds is 3. The van der Waals surface area contributed by atoms with Crippen LogP contribution in [0.1, 0.15) is 34.8 Å². The fraction of sp³-hybridized carbons (Fsp3) is 0.292. The number of likely N-dealkylation sites (tertiary alicyclic amines) is 1. The molecule has 2 aliphatic rings. The van der Waals surface area contributed by atoms with Crippen LogP contribution >= 0.6 is 0 Å². The van der Waals surface area contributed by atoms with Gasteiger partial charge in [0.15, 0.2) is 0 Å². The van der Waals surface area contributed by atoms with E-state index in [-0.39, 0.29) is 23.7 Å². The summed E-state index contributed by atoms with van der Waals surface area (Å²) < 4.78 is 15.5. The number of anilines is 1. The van der Waals surface area contributed by atoms with Gasteiger partial charge in [0.1, 0.15) is 5.82 Å². The van der Waals surface area contributed by atoms with Crippen LogP contribution in [0.15, 0.2) is 67.0 Å². The average molecular weight is 418 g/mol. The van der Waals surface area contributed by atoms with Crippen molar-refractivity contribution in [2.45, 2.75) is 18.9 Å². The lowest BCUT2D eigenvalue weighted by Crippen LogP contribution is -2.67. The molecule has 31 heavy (non-hydrogen) atoms. The SMILES string of the molecule is Cn1cc(C(=O)N2CCC3(CC2)C(=O)N(c2cccc(F)c2)C3c2ccccc2)cn1. The van der Waals surface area contributed by atoms with E-state index >= 15 is 0 Å². The highest BCUT2D eigenvalue weighted by atomic mass is 19.1. The van der Waals surface area contributed by atoms with Gasteiger partial charge in [-0.25, -0.2) is 4.39 Å². The monoisotopic (exact) mass is 418 g/mol. The minimum Gasteiger partial charge on any atom is -0.338 e. The minimum absolute atomic E-state index is 0.000398. The highest BCUT2D eigenvalue weighted by molar-refractivity contribution is 6.06. The molecular formula is C24H23FN4O2. The number of benzene rings is 2. The van der Waals surface area contributed by atoms with Gasteiger partial charge in [0.05, 0.1) is 23.2 Å². The molecule has 2 fully saturated rings. The molecule has 3 aromatic rings. The molecule has 0 bridgehead atoms. The van der Waals surface area contributed by atoms with Crippen molar-refractivity contribution >= 4 is 17.5 Å². The van der Waals surface area contributed by atoms with Gasteiger partial charge in [-0.05, 0) is 36.6 Å². The smallest absolute Gasteiger partial charge is 0.257 e. The largest absolute Gasteiger partial charge is 0.338 e. The van der Waals surface area contributed by atoms with Crippen LogP contribution in [0.3, 0.4) is 0 Å². The summed E-state index contributed by atoms with van der Waals surface area (Å²) in [4.78, 5) is 29.8. The number of carbonyl (C=O) groups excluding carboxylic acids is 2. The molecule has 0 radical (unpaired) electrons. The summed E-state index contributed by atoms with van der Waals surface area (Å²) in [6.07, 6.45) is 4.42. The Kier molecular flexibility index (Phi) is 4.61. The van der Waals surface area contributed by atoms with Gasteiger partial charge in [-0.1, -0.05) is 36.4 Å². The summed E-state index contributed by atoms with van der Waals surface area (Å²) >= 11 is 0. The predicted molar refractivity (Wildman–Crippen MR) is 114 cm³/mol. The zero-order valence-electron chi connectivity index (χ0n) is 17.2. The van der Waals surface area contributed by atoms with Gasteiger partial charge < -0.3 is 9.80 Å². The third-order valence-electron chi connectivity index (χ3n) is 6.52. The lowest BCUT2D eigenvalue weighted by Gasteiger charge is -2.59. The molecule has 2 saturated heterocycles. The van der Waals surface area contributed by atoms with Crippen molar-refractivity contribution in [3.05, 3.63) is 83.9 Å². The number of aryl methyl sites for hydroxylation is 1. The van der Waals surface area contributed by atoms with Crippen molar-refractivity contribution in [3.63, 3.8) is 0 Å². The zero-order valence-corrected chi connectivity index (χ0v) is 17.2. The fourth-order valence-electron chi connectivity index (χ4n) is 4.96. The van der Waals surface area contributed by atoms with E-state index in [9.17, 15) is 14.0 Å². The van der Waals surface area contributed by atoms with Crippen molar-refractivity contribution in [3.8, 4) is 0 Å². The summed E-state index contributed by atoms with van der Waals surface area (Å²) in [6, 6.07) is 15.9. The van der Waals surface area contributed by atoms with Gasteiger partial charge in [-0.3, -0.25) is 14.3 Å². The van der Waals surface area contributed by atoms with Crippen LogP contribution < -0.4 is 4.90 Å². The second kappa shape index (κ2) is 7.34. The molecule has 5 rings (SSSR count). The van der Waals surface area contributed by atoms with Crippen molar-refractivity contribution in [1.29, 1.82) is 0 Å². The van der Waals surface area contributed by atoms with Crippen LogP contribution in [-0.2, 0) is 11.8 Å². The molecule has 0 aliphatic carbocycles. The first-order valence-corrected chi connectivity index (χ1v) is 10.4. The quantitative estimate of drug-likeness (QED) is 0.611. The Hall–Kier alpha value is -3.48. The van der Waals surface area contributed by atoms with Gasteiger partial charge >= 0.3 is 0 Å². The number of piperidine rings is 1. The Labute approximate surface area is 179 Å². The fourth-order valence-corrected chi connectivity index (χ4v) is 4.96. The van der Waals surface area contributed by atoms with Crippen molar-refractivity contribution in [1.82, 2.24) is 14.7 Å².